The molecular weight excluding hydrogens is 390 g/mol. The highest BCUT2D eigenvalue weighted by molar-refractivity contribution is 5.78. The Kier molecular flexibility index (Phi) is 7.69. The lowest BCUT2D eigenvalue weighted by molar-refractivity contribution is -0.123. The zero-order valence-corrected chi connectivity index (χ0v) is 18.6. The first kappa shape index (κ1) is 22.8. The number of benzene rings is 2. The van der Waals surface area contributed by atoms with Crippen LogP contribution in [-0.2, 0) is 11.2 Å². The highest BCUT2D eigenvalue weighted by Crippen LogP contribution is 2.34. The van der Waals surface area contributed by atoms with Gasteiger partial charge >= 0.3 is 5.76 Å². The van der Waals surface area contributed by atoms with E-state index >= 15 is 0 Å². The summed E-state index contributed by atoms with van der Waals surface area (Å²) in [6, 6.07) is 16.1. The molecule has 31 heavy (non-hydrogen) atoms. The summed E-state index contributed by atoms with van der Waals surface area (Å²) in [5.74, 6) is -0.850. The molecule has 166 valence electrons. The van der Waals surface area contributed by atoms with Crippen LogP contribution >= 0.6 is 0 Å². The van der Waals surface area contributed by atoms with Gasteiger partial charge in [0.25, 0.3) is 0 Å². The number of primary amides is 1. The number of aromatic amines is 1. The fourth-order valence-electron chi connectivity index (χ4n) is 4.36. The number of rotatable bonds is 11. The molecule has 6 heteroatoms. The van der Waals surface area contributed by atoms with Gasteiger partial charge in [-0.15, -0.1) is 0 Å². The highest BCUT2D eigenvalue weighted by Gasteiger charge is 2.31. The Labute approximate surface area is 183 Å². The molecule has 3 atom stereocenters. The molecule has 3 N–H and O–H groups in total. The van der Waals surface area contributed by atoms with E-state index in [1.54, 1.807) is 0 Å². The summed E-state index contributed by atoms with van der Waals surface area (Å²) >= 11 is 0. The first-order valence-electron chi connectivity index (χ1n) is 11.0. The van der Waals surface area contributed by atoms with Crippen molar-refractivity contribution in [2.24, 2.45) is 11.7 Å². The maximum atomic E-state index is 12.6. The fourth-order valence-corrected chi connectivity index (χ4v) is 4.36. The predicted molar refractivity (Wildman–Crippen MR) is 124 cm³/mol. The third-order valence-electron chi connectivity index (χ3n) is 6.16. The first-order valence-corrected chi connectivity index (χ1v) is 11.0. The van der Waals surface area contributed by atoms with E-state index in [4.69, 9.17) is 10.2 Å². The number of H-pyrrole nitrogens is 1. The highest BCUT2D eigenvalue weighted by atomic mass is 16.4. The standard InChI is InChI=1S/C25H33N3O3/c1-4-5-11-20(18-9-7-6-8-10-18)21(24(26)29)16-19(28(2)3)14-17-12-13-22-23(15-17)31-25(30)27-22/h6-10,12-13,15,19-21H,4-5,11,14,16H2,1-3H3,(H2,26,29)(H,27,30)/t19-,20?,21?/m1/s1. The summed E-state index contributed by atoms with van der Waals surface area (Å²) in [5.41, 5.74) is 9.43. The number of nitrogens with one attached hydrogen (secondary N) is 1. The van der Waals surface area contributed by atoms with Gasteiger partial charge in [0.2, 0.25) is 5.91 Å². The van der Waals surface area contributed by atoms with Crippen LogP contribution in [0.4, 0.5) is 0 Å². The molecule has 0 bridgehead atoms. The zero-order valence-electron chi connectivity index (χ0n) is 18.6. The van der Waals surface area contributed by atoms with Gasteiger partial charge in [-0.3, -0.25) is 9.78 Å². The predicted octanol–water partition coefficient (Wildman–Crippen LogP) is 4.06. The lowest BCUT2D eigenvalue weighted by atomic mass is 9.78. The van der Waals surface area contributed by atoms with E-state index in [0.29, 0.717) is 17.5 Å². The topological polar surface area (TPSA) is 92.3 Å². The van der Waals surface area contributed by atoms with Crippen LogP contribution in [0.3, 0.4) is 0 Å². The Morgan fingerprint density at radius 1 is 1.16 bits per heavy atom. The van der Waals surface area contributed by atoms with E-state index in [1.165, 1.54) is 5.56 Å². The largest absolute Gasteiger partial charge is 0.417 e. The molecule has 1 heterocycles. The molecule has 0 fully saturated rings. The monoisotopic (exact) mass is 423 g/mol. The minimum atomic E-state index is -0.452. The summed E-state index contributed by atoms with van der Waals surface area (Å²) in [4.78, 5) is 28.9. The maximum Gasteiger partial charge on any atom is 0.417 e. The molecule has 3 rings (SSSR count). The van der Waals surface area contributed by atoms with Crippen molar-refractivity contribution in [3.63, 3.8) is 0 Å². The van der Waals surface area contributed by atoms with Crippen LogP contribution in [0, 0.1) is 5.92 Å². The van der Waals surface area contributed by atoms with Crippen LogP contribution < -0.4 is 11.5 Å². The van der Waals surface area contributed by atoms with Gasteiger partial charge in [-0.1, -0.05) is 56.2 Å². The third kappa shape index (κ3) is 5.85. The number of unbranched alkanes of at least 4 members (excludes halogenated alkanes) is 1. The Morgan fingerprint density at radius 2 is 1.90 bits per heavy atom. The average Bonchev–Trinajstić information content (AvgIpc) is 3.12. The summed E-state index contributed by atoms with van der Waals surface area (Å²) in [7, 11) is 4.06. The molecule has 0 aliphatic rings. The molecule has 1 aromatic heterocycles. The van der Waals surface area contributed by atoms with Crippen LogP contribution in [0.5, 0.6) is 0 Å². The number of nitrogens with zero attached hydrogens (tertiary/aromatic N) is 1. The summed E-state index contributed by atoms with van der Waals surface area (Å²) in [6.45, 7) is 2.17. The van der Waals surface area contributed by atoms with Crippen molar-refractivity contribution in [1.29, 1.82) is 0 Å². The quantitative estimate of drug-likeness (QED) is 0.486. The lowest BCUT2D eigenvalue weighted by Crippen LogP contribution is -2.38. The van der Waals surface area contributed by atoms with Gasteiger partial charge in [-0.25, -0.2) is 4.79 Å². The Hall–Kier alpha value is -2.86. The number of fused-ring (bicyclic) bond motifs is 1. The second-order valence-corrected chi connectivity index (χ2v) is 8.57. The number of oxazole rings is 1. The van der Waals surface area contributed by atoms with Crippen LogP contribution in [0.1, 0.15) is 49.7 Å². The number of carbonyl (C=O) groups is 1. The van der Waals surface area contributed by atoms with E-state index in [0.717, 1.165) is 31.2 Å². The van der Waals surface area contributed by atoms with Gasteiger partial charge in [0.05, 0.1) is 5.52 Å². The second-order valence-electron chi connectivity index (χ2n) is 8.57. The van der Waals surface area contributed by atoms with Crippen LogP contribution in [0.25, 0.3) is 11.1 Å². The van der Waals surface area contributed by atoms with E-state index in [-0.39, 0.29) is 23.8 Å². The van der Waals surface area contributed by atoms with Gasteiger partial charge in [0.15, 0.2) is 5.58 Å². The molecular formula is C25H33N3O3. The molecule has 0 saturated carbocycles. The van der Waals surface area contributed by atoms with Gasteiger partial charge in [-0.05, 0) is 62.5 Å². The molecule has 0 aliphatic heterocycles. The van der Waals surface area contributed by atoms with E-state index in [9.17, 15) is 9.59 Å². The lowest BCUT2D eigenvalue weighted by Gasteiger charge is -2.32. The van der Waals surface area contributed by atoms with Gasteiger partial charge < -0.3 is 15.1 Å². The second kappa shape index (κ2) is 10.4. The molecule has 1 amide bonds. The number of amides is 1. The van der Waals surface area contributed by atoms with Crippen LogP contribution in [-0.4, -0.2) is 35.9 Å². The van der Waals surface area contributed by atoms with Gasteiger partial charge in [0.1, 0.15) is 0 Å². The minimum Gasteiger partial charge on any atom is -0.408 e. The molecule has 2 unspecified atom stereocenters. The van der Waals surface area contributed by atoms with Gasteiger partial charge in [-0.2, -0.15) is 0 Å². The smallest absolute Gasteiger partial charge is 0.408 e. The molecule has 0 aliphatic carbocycles. The molecule has 3 aromatic rings. The third-order valence-corrected chi connectivity index (χ3v) is 6.16. The van der Waals surface area contributed by atoms with E-state index < -0.39 is 5.76 Å². The number of hydrogen-bond donors (Lipinski definition) is 2. The first-order chi connectivity index (χ1) is 14.9. The number of nitrogens with two attached hydrogens (primary N) is 1. The van der Waals surface area contributed by atoms with Crippen molar-refractivity contribution in [2.45, 2.75) is 51.0 Å². The Balaban J connectivity index is 1.85. The zero-order chi connectivity index (χ0) is 22.4. The van der Waals surface area contributed by atoms with Crippen molar-refractivity contribution < 1.29 is 9.21 Å². The van der Waals surface area contributed by atoms with Crippen LogP contribution in [0.2, 0.25) is 0 Å². The summed E-state index contributed by atoms with van der Waals surface area (Å²) in [6.07, 6.45) is 4.47. The molecule has 0 radical (unpaired) electrons. The number of aromatic nitrogens is 1. The van der Waals surface area contributed by atoms with Crippen molar-refractivity contribution in [3.8, 4) is 0 Å². The van der Waals surface area contributed by atoms with Crippen LogP contribution in [0.15, 0.2) is 57.7 Å². The number of carbonyl (C=O) groups excluding carboxylic acids is 1. The summed E-state index contributed by atoms with van der Waals surface area (Å²) < 4.78 is 5.21. The Morgan fingerprint density at radius 3 is 2.55 bits per heavy atom. The minimum absolute atomic E-state index is 0.103. The van der Waals surface area contributed by atoms with Crippen molar-refractivity contribution >= 4 is 17.0 Å². The molecule has 0 saturated heterocycles. The molecule has 0 spiro atoms. The van der Waals surface area contributed by atoms with Crippen molar-refractivity contribution in [2.75, 3.05) is 14.1 Å². The number of hydrogen-bond acceptors (Lipinski definition) is 4. The van der Waals surface area contributed by atoms with Crippen molar-refractivity contribution in [1.82, 2.24) is 9.88 Å². The number of likely N-dealkylation sites (N-methyl/N-ethyl adjacent to an activating group) is 1. The maximum absolute atomic E-state index is 12.6. The SMILES string of the molecule is CCCCC(c1ccccc1)C(C[C@@H](Cc1ccc2[nH]c(=O)oc2c1)N(C)C)C(N)=O. The fraction of sp³-hybridized carbons (Fsp3) is 0.440. The van der Waals surface area contributed by atoms with E-state index in [1.807, 2.05) is 50.5 Å². The molecule has 2 aromatic carbocycles. The average molecular weight is 424 g/mol. The summed E-state index contributed by atoms with van der Waals surface area (Å²) in [5, 5.41) is 0. The van der Waals surface area contributed by atoms with Crippen molar-refractivity contribution in [3.05, 3.63) is 70.2 Å². The molecule has 6 nitrogen and oxygen atoms in total. The van der Waals surface area contributed by atoms with Gasteiger partial charge in [0, 0.05) is 12.0 Å². The Bertz CT molecular complexity index is 1040. The van der Waals surface area contributed by atoms with E-state index in [2.05, 4.69) is 28.9 Å². The normalized spacial score (nSPS) is 14.6.